The summed E-state index contributed by atoms with van der Waals surface area (Å²) in [4.78, 5) is 13.9. The Hall–Kier alpha value is -1.83. The summed E-state index contributed by atoms with van der Waals surface area (Å²) in [6.07, 6.45) is 2.49. The first-order valence-electron chi connectivity index (χ1n) is 7.49. The highest BCUT2D eigenvalue weighted by Gasteiger charge is 2.15. The van der Waals surface area contributed by atoms with Crippen molar-refractivity contribution < 1.29 is 9.90 Å². The number of amides is 1. The van der Waals surface area contributed by atoms with E-state index in [4.69, 9.17) is 0 Å². The summed E-state index contributed by atoms with van der Waals surface area (Å²) in [7, 11) is 0. The van der Waals surface area contributed by atoms with Gasteiger partial charge in [0.15, 0.2) is 0 Å². The first-order valence-corrected chi connectivity index (χ1v) is 7.49. The van der Waals surface area contributed by atoms with Crippen LogP contribution in [0.5, 0.6) is 0 Å². The number of aliphatic hydroxyl groups is 1. The number of nitrogens with one attached hydrogen (secondary N) is 1. The van der Waals surface area contributed by atoms with E-state index in [-0.39, 0.29) is 12.0 Å². The molecule has 1 aromatic rings. The number of carbonyl (C=O) groups is 1. The number of benzene rings is 1. The molecule has 0 radical (unpaired) electrons. The third kappa shape index (κ3) is 5.99. The van der Waals surface area contributed by atoms with E-state index in [1.165, 1.54) is 0 Å². The lowest BCUT2D eigenvalue weighted by Gasteiger charge is -2.29. The zero-order valence-electron chi connectivity index (χ0n) is 12.2. The summed E-state index contributed by atoms with van der Waals surface area (Å²) >= 11 is 0. The Morgan fingerprint density at radius 2 is 2.00 bits per heavy atom. The molecule has 2 rings (SSSR count). The van der Waals surface area contributed by atoms with Crippen LogP contribution in [0.2, 0.25) is 0 Å². The number of rotatable bonds is 4. The second kappa shape index (κ2) is 8.46. The number of aliphatic hydroxyl groups excluding tert-OH is 1. The van der Waals surface area contributed by atoms with Gasteiger partial charge in [-0.15, -0.1) is 0 Å². The van der Waals surface area contributed by atoms with Crippen molar-refractivity contribution in [2.45, 2.75) is 25.4 Å². The van der Waals surface area contributed by atoms with Crippen molar-refractivity contribution in [3.63, 3.8) is 0 Å². The fourth-order valence-electron chi connectivity index (χ4n) is 2.34. The Morgan fingerprint density at radius 3 is 2.71 bits per heavy atom. The molecule has 4 heteroatoms. The maximum absolute atomic E-state index is 11.6. The van der Waals surface area contributed by atoms with Crippen LogP contribution in [-0.2, 0) is 4.79 Å². The van der Waals surface area contributed by atoms with Crippen LogP contribution in [0, 0.1) is 11.8 Å². The fourth-order valence-corrected chi connectivity index (χ4v) is 2.34. The fraction of sp³-hybridized carbons (Fsp3) is 0.471. The molecular weight excluding hydrogens is 264 g/mol. The molecule has 0 saturated carbocycles. The molecule has 1 aromatic carbocycles. The Balaban J connectivity index is 1.60. The van der Waals surface area contributed by atoms with Crippen LogP contribution >= 0.6 is 0 Å². The van der Waals surface area contributed by atoms with Gasteiger partial charge in [-0.25, -0.2) is 0 Å². The van der Waals surface area contributed by atoms with Gasteiger partial charge in [-0.2, -0.15) is 0 Å². The number of nitrogens with zero attached hydrogens (tertiary/aromatic N) is 1. The first kappa shape index (κ1) is 15.6. The molecule has 0 aliphatic carbocycles. The molecule has 0 atom stereocenters. The average molecular weight is 286 g/mol. The highest BCUT2D eigenvalue weighted by atomic mass is 16.3. The van der Waals surface area contributed by atoms with Crippen molar-refractivity contribution in [3.05, 3.63) is 35.9 Å². The summed E-state index contributed by atoms with van der Waals surface area (Å²) in [6, 6.07) is 9.48. The molecule has 1 amide bonds. The van der Waals surface area contributed by atoms with Crippen LogP contribution in [0.1, 0.15) is 24.8 Å². The van der Waals surface area contributed by atoms with Gasteiger partial charge in [-0.3, -0.25) is 4.79 Å². The minimum absolute atomic E-state index is 0.130. The molecule has 0 unspecified atom stereocenters. The van der Waals surface area contributed by atoms with Crippen LogP contribution in [0.3, 0.4) is 0 Å². The maximum Gasteiger partial charge on any atom is 0.296 e. The Labute approximate surface area is 126 Å². The second-order valence-electron chi connectivity index (χ2n) is 5.30. The van der Waals surface area contributed by atoms with Crippen LogP contribution in [0.25, 0.3) is 0 Å². The van der Waals surface area contributed by atoms with Crippen LogP contribution in [0.15, 0.2) is 30.3 Å². The van der Waals surface area contributed by atoms with Crippen LogP contribution in [0.4, 0.5) is 0 Å². The summed E-state index contributed by atoms with van der Waals surface area (Å²) in [6.45, 7) is 3.49. The molecule has 0 bridgehead atoms. The van der Waals surface area contributed by atoms with E-state index in [0.29, 0.717) is 6.54 Å². The lowest BCUT2D eigenvalue weighted by Crippen LogP contribution is -2.37. The SMILES string of the molecule is O=C(C#Cc1ccccc1)NCCCN1CCC(O)CC1. The molecular formula is C17H22N2O2. The normalized spacial score (nSPS) is 16.0. The quantitative estimate of drug-likeness (QED) is 0.641. The monoisotopic (exact) mass is 286 g/mol. The molecule has 21 heavy (non-hydrogen) atoms. The second-order valence-corrected chi connectivity index (χ2v) is 5.30. The summed E-state index contributed by atoms with van der Waals surface area (Å²) in [5.74, 6) is 5.21. The van der Waals surface area contributed by atoms with E-state index < -0.39 is 0 Å². The standard InChI is InChI=1S/C17H22N2O2/c20-16-9-13-19(14-10-16)12-4-11-18-17(21)8-7-15-5-2-1-3-6-15/h1-3,5-6,16,20H,4,9-14H2,(H,18,21). The van der Waals surface area contributed by atoms with Crippen molar-refractivity contribution in [2.24, 2.45) is 0 Å². The molecule has 4 nitrogen and oxygen atoms in total. The van der Waals surface area contributed by atoms with Crippen molar-refractivity contribution in [1.29, 1.82) is 0 Å². The number of piperidine rings is 1. The van der Waals surface area contributed by atoms with E-state index in [0.717, 1.165) is 44.5 Å². The number of carbonyl (C=O) groups excluding carboxylic acids is 1. The van der Waals surface area contributed by atoms with Gasteiger partial charge in [0.25, 0.3) is 5.91 Å². The maximum atomic E-state index is 11.6. The first-order chi connectivity index (χ1) is 10.2. The van der Waals surface area contributed by atoms with Gasteiger partial charge in [-0.1, -0.05) is 24.1 Å². The molecule has 1 saturated heterocycles. The molecule has 2 N–H and O–H groups in total. The Morgan fingerprint density at radius 1 is 1.29 bits per heavy atom. The van der Waals surface area contributed by atoms with Crippen molar-refractivity contribution in [3.8, 4) is 11.8 Å². The lowest BCUT2D eigenvalue weighted by molar-refractivity contribution is -0.115. The van der Waals surface area contributed by atoms with Gasteiger partial charge in [0, 0.05) is 31.1 Å². The summed E-state index contributed by atoms with van der Waals surface area (Å²) in [5, 5.41) is 12.2. The largest absolute Gasteiger partial charge is 0.393 e. The highest BCUT2D eigenvalue weighted by molar-refractivity contribution is 5.94. The van der Waals surface area contributed by atoms with Gasteiger partial charge in [0.05, 0.1) is 6.10 Å². The Bertz CT molecular complexity index is 497. The molecule has 1 heterocycles. The van der Waals surface area contributed by atoms with E-state index in [1.807, 2.05) is 30.3 Å². The topological polar surface area (TPSA) is 52.6 Å². The summed E-state index contributed by atoms with van der Waals surface area (Å²) in [5.41, 5.74) is 0.847. The van der Waals surface area contributed by atoms with Crippen molar-refractivity contribution in [2.75, 3.05) is 26.2 Å². The van der Waals surface area contributed by atoms with Crippen LogP contribution in [-0.4, -0.2) is 48.2 Å². The third-order valence-electron chi connectivity index (χ3n) is 3.59. The lowest BCUT2D eigenvalue weighted by atomic mass is 10.1. The van der Waals surface area contributed by atoms with E-state index in [2.05, 4.69) is 22.1 Å². The van der Waals surface area contributed by atoms with Crippen molar-refractivity contribution >= 4 is 5.91 Å². The minimum atomic E-state index is -0.229. The number of hydrogen-bond acceptors (Lipinski definition) is 3. The molecule has 112 valence electrons. The van der Waals surface area contributed by atoms with Gasteiger partial charge < -0.3 is 15.3 Å². The predicted molar refractivity (Wildman–Crippen MR) is 82.6 cm³/mol. The zero-order chi connectivity index (χ0) is 14.9. The molecule has 0 aromatic heterocycles. The summed E-state index contributed by atoms with van der Waals surface area (Å²) < 4.78 is 0. The third-order valence-corrected chi connectivity index (χ3v) is 3.59. The zero-order valence-corrected chi connectivity index (χ0v) is 12.2. The predicted octanol–water partition coefficient (Wildman–Crippen LogP) is 1.00. The van der Waals surface area contributed by atoms with Crippen molar-refractivity contribution in [1.82, 2.24) is 10.2 Å². The average Bonchev–Trinajstić information content (AvgIpc) is 2.52. The van der Waals surface area contributed by atoms with E-state index in [9.17, 15) is 9.90 Å². The van der Waals surface area contributed by atoms with Gasteiger partial charge in [0.2, 0.25) is 0 Å². The number of likely N-dealkylation sites (tertiary alicyclic amines) is 1. The molecule has 0 spiro atoms. The Kier molecular flexibility index (Phi) is 6.26. The molecule has 1 aliphatic rings. The van der Waals surface area contributed by atoms with Gasteiger partial charge in [0.1, 0.15) is 0 Å². The molecule has 1 aliphatic heterocycles. The number of hydrogen-bond donors (Lipinski definition) is 2. The van der Waals surface area contributed by atoms with Gasteiger partial charge in [-0.05, 0) is 37.9 Å². The van der Waals surface area contributed by atoms with E-state index in [1.54, 1.807) is 0 Å². The van der Waals surface area contributed by atoms with Crippen LogP contribution < -0.4 is 5.32 Å². The highest BCUT2D eigenvalue weighted by Crippen LogP contribution is 2.09. The van der Waals surface area contributed by atoms with Gasteiger partial charge >= 0.3 is 0 Å². The molecule has 1 fully saturated rings. The smallest absolute Gasteiger partial charge is 0.296 e. The minimum Gasteiger partial charge on any atom is -0.393 e. The van der Waals surface area contributed by atoms with E-state index >= 15 is 0 Å².